The third-order valence-corrected chi connectivity index (χ3v) is 2.54. The summed E-state index contributed by atoms with van der Waals surface area (Å²) in [6, 6.07) is 10.7. The van der Waals surface area contributed by atoms with E-state index in [2.05, 4.69) is 10.2 Å². The van der Waals surface area contributed by atoms with Gasteiger partial charge in [-0.1, -0.05) is 23.7 Å². The molecule has 0 saturated carbocycles. The number of H-pyrrole nitrogens is 1. The van der Waals surface area contributed by atoms with Gasteiger partial charge in [-0.2, -0.15) is 10.4 Å². The first-order chi connectivity index (χ1) is 8.20. The number of rotatable bonds is 2. The predicted molar refractivity (Wildman–Crippen MR) is 64.6 cm³/mol. The lowest BCUT2D eigenvalue weighted by atomic mass is 10.1. The lowest BCUT2D eigenvalue weighted by Gasteiger charge is -2.01. The zero-order chi connectivity index (χ0) is 12.3. The summed E-state index contributed by atoms with van der Waals surface area (Å²) in [6.07, 6.45) is 0.0679. The van der Waals surface area contributed by atoms with Crippen molar-refractivity contribution < 1.29 is 0 Å². The van der Waals surface area contributed by atoms with Gasteiger partial charge in [-0.25, -0.2) is 5.10 Å². The Hall–Kier alpha value is -2.12. The fourth-order valence-corrected chi connectivity index (χ4v) is 1.56. The molecule has 17 heavy (non-hydrogen) atoms. The molecule has 0 unspecified atom stereocenters. The number of halogens is 1. The average molecular weight is 246 g/mol. The summed E-state index contributed by atoms with van der Waals surface area (Å²) in [4.78, 5) is 11.4. The molecule has 0 spiro atoms. The maximum absolute atomic E-state index is 11.4. The van der Waals surface area contributed by atoms with E-state index in [1.54, 1.807) is 30.3 Å². The van der Waals surface area contributed by atoms with E-state index in [4.69, 9.17) is 16.9 Å². The number of aromatic nitrogens is 2. The highest BCUT2D eigenvalue weighted by Crippen LogP contribution is 2.18. The zero-order valence-electron chi connectivity index (χ0n) is 8.77. The maximum Gasteiger partial charge on any atom is 0.268 e. The molecule has 2 rings (SSSR count). The first-order valence-corrected chi connectivity index (χ1v) is 5.30. The summed E-state index contributed by atoms with van der Waals surface area (Å²) >= 11 is 5.78. The van der Waals surface area contributed by atoms with Crippen molar-refractivity contribution in [3.8, 4) is 17.3 Å². The van der Waals surface area contributed by atoms with Gasteiger partial charge in [-0.05, 0) is 18.2 Å². The van der Waals surface area contributed by atoms with Crippen LogP contribution in [0, 0.1) is 11.3 Å². The van der Waals surface area contributed by atoms with Crippen LogP contribution in [0.3, 0.4) is 0 Å². The number of nitrogens with one attached hydrogen (secondary N) is 1. The maximum atomic E-state index is 11.4. The molecular formula is C12H8ClN3O. The lowest BCUT2D eigenvalue weighted by Crippen LogP contribution is -2.14. The molecule has 0 fully saturated rings. The van der Waals surface area contributed by atoms with Crippen LogP contribution in [0.2, 0.25) is 5.02 Å². The van der Waals surface area contributed by atoms with Crippen LogP contribution in [0.4, 0.5) is 0 Å². The third-order valence-electron chi connectivity index (χ3n) is 2.29. The monoisotopic (exact) mass is 245 g/mol. The van der Waals surface area contributed by atoms with Crippen molar-refractivity contribution in [2.45, 2.75) is 6.42 Å². The Morgan fingerprint density at radius 1 is 1.35 bits per heavy atom. The molecule has 5 heteroatoms. The van der Waals surface area contributed by atoms with E-state index in [0.717, 1.165) is 5.56 Å². The number of benzene rings is 1. The minimum Gasteiger partial charge on any atom is -0.268 e. The van der Waals surface area contributed by atoms with Crippen LogP contribution in [0.1, 0.15) is 5.56 Å². The van der Waals surface area contributed by atoms with Gasteiger partial charge in [0.25, 0.3) is 5.56 Å². The molecular weight excluding hydrogens is 238 g/mol. The molecule has 0 bridgehead atoms. The van der Waals surface area contributed by atoms with Crippen LogP contribution >= 0.6 is 11.6 Å². The highest BCUT2D eigenvalue weighted by molar-refractivity contribution is 6.30. The summed E-state index contributed by atoms with van der Waals surface area (Å²) in [5.41, 5.74) is 1.54. The summed E-state index contributed by atoms with van der Waals surface area (Å²) in [6.45, 7) is 0. The van der Waals surface area contributed by atoms with Crippen molar-refractivity contribution in [1.82, 2.24) is 10.2 Å². The molecule has 0 aliphatic rings. The summed E-state index contributed by atoms with van der Waals surface area (Å²) in [5, 5.41) is 15.5. The quantitative estimate of drug-likeness (QED) is 0.881. The van der Waals surface area contributed by atoms with E-state index in [0.29, 0.717) is 16.3 Å². The Labute approximate surface area is 102 Å². The fraction of sp³-hybridized carbons (Fsp3) is 0.0833. The Morgan fingerprint density at radius 3 is 2.71 bits per heavy atom. The molecule has 0 aliphatic carbocycles. The van der Waals surface area contributed by atoms with Gasteiger partial charge in [0.15, 0.2) is 0 Å². The van der Waals surface area contributed by atoms with Gasteiger partial charge in [0.05, 0.1) is 18.2 Å². The molecule has 84 valence electrons. The summed E-state index contributed by atoms with van der Waals surface area (Å²) in [5.74, 6) is 0. The van der Waals surface area contributed by atoms with Crippen molar-refractivity contribution in [3.63, 3.8) is 0 Å². The molecule has 2 aromatic rings. The van der Waals surface area contributed by atoms with E-state index < -0.39 is 0 Å². The van der Waals surface area contributed by atoms with Gasteiger partial charge in [0.2, 0.25) is 0 Å². The second kappa shape index (κ2) is 4.81. The highest BCUT2D eigenvalue weighted by Gasteiger charge is 2.04. The predicted octanol–water partition coefficient (Wildman–Crippen LogP) is 2.16. The number of hydrogen-bond acceptors (Lipinski definition) is 3. The Balaban J connectivity index is 2.47. The molecule has 0 atom stereocenters. The van der Waals surface area contributed by atoms with Crippen molar-refractivity contribution in [3.05, 3.63) is 51.3 Å². The molecule has 0 aliphatic heterocycles. The van der Waals surface area contributed by atoms with E-state index in [9.17, 15) is 4.79 Å². The van der Waals surface area contributed by atoms with Gasteiger partial charge >= 0.3 is 0 Å². The van der Waals surface area contributed by atoms with Crippen LogP contribution in [0.15, 0.2) is 35.1 Å². The van der Waals surface area contributed by atoms with Crippen LogP contribution in [0.5, 0.6) is 0 Å². The lowest BCUT2D eigenvalue weighted by molar-refractivity contribution is 0.963. The van der Waals surface area contributed by atoms with Gasteiger partial charge in [0.1, 0.15) is 0 Å². The first-order valence-electron chi connectivity index (χ1n) is 4.92. The molecule has 1 aromatic heterocycles. The molecule has 0 radical (unpaired) electrons. The van der Waals surface area contributed by atoms with E-state index in [1.165, 1.54) is 0 Å². The standard InChI is InChI=1S/C12H8ClN3O/c13-10-3-1-8(2-4-10)11-7-9(5-6-14)12(17)16-15-11/h1-4,7H,5H2,(H,16,17). The zero-order valence-corrected chi connectivity index (χ0v) is 9.53. The summed E-state index contributed by atoms with van der Waals surface area (Å²) in [7, 11) is 0. The normalized spacial score (nSPS) is 9.88. The van der Waals surface area contributed by atoms with Crippen molar-refractivity contribution in [2.75, 3.05) is 0 Å². The summed E-state index contributed by atoms with van der Waals surface area (Å²) < 4.78 is 0. The Kier molecular flexibility index (Phi) is 3.22. The molecule has 1 heterocycles. The first kappa shape index (κ1) is 11.4. The molecule has 1 aromatic carbocycles. The van der Waals surface area contributed by atoms with Crippen LogP contribution in [-0.4, -0.2) is 10.2 Å². The molecule has 4 nitrogen and oxygen atoms in total. The number of aromatic amines is 1. The average Bonchev–Trinajstić information content (AvgIpc) is 2.33. The molecule has 0 saturated heterocycles. The fourth-order valence-electron chi connectivity index (χ4n) is 1.43. The topological polar surface area (TPSA) is 69.5 Å². The molecule has 0 amide bonds. The van der Waals surface area contributed by atoms with E-state index >= 15 is 0 Å². The highest BCUT2D eigenvalue weighted by atomic mass is 35.5. The minimum absolute atomic E-state index is 0.0679. The minimum atomic E-state index is -0.329. The van der Waals surface area contributed by atoms with Crippen molar-refractivity contribution in [2.24, 2.45) is 0 Å². The smallest absolute Gasteiger partial charge is 0.268 e. The van der Waals surface area contributed by atoms with Gasteiger partial charge in [-0.3, -0.25) is 4.79 Å². The Morgan fingerprint density at radius 2 is 2.06 bits per heavy atom. The van der Waals surface area contributed by atoms with Crippen LogP contribution < -0.4 is 5.56 Å². The van der Waals surface area contributed by atoms with Gasteiger partial charge < -0.3 is 0 Å². The third kappa shape index (κ3) is 2.52. The Bertz CT molecular complexity index is 625. The van der Waals surface area contributed by atoms with Gasteiger partial charge in [0, 0.05) is 16.1 Å². The van der Waals surface area contributed by atoms with Crippen molar-refractivity contribution in [1.29, 1.82) is 5.26 Å². The van der Waals surface area contributed by atoms with E-state index in [-0.39, 0.29) is 12.0 Å². The number of nitrogens with zero attached hydrogens (tertiary/aromatic N) is 2. The number of hydrogen-bond donors (Lipinski definition) is 1. The SMILES string of the molecule is N#CCc1cc(-c2ccc(Cl)cc2)n[nH]c1=O. The van der Waals surface area contributed by atoms with Gasteiger partial charge in [-0.15, -0.1) is 0 Å². The second-order valence-corrected chi connectivity index (χ2v) is 3.89. The largest absolute Gasteiger partial charge is 0.268 e. The van der Waals surface area contributed by atoms with Crippen LogP contribution in [0.25, 0.3) is 11.3 Å². The van der Waals surface area contributed by atoms with Crippen molar-refractivity contribution >= 4 is 11.6 Å². The van der Waals surface area contributed by atoms with E-state index in [1.807, 2.05) is 6.07 Å². The van der Waals surface area contributed by atoms with Crippen LogP contribution in [-0.2, 0) is 6.42 Å². The number of nitriles is 1. The molecule has 1 N–H and O–H groups in total. The second-order valence-electron chi connectivity index (χ2n) is 3.45.